The quantitative estimate of drug-likeness (QED) is 0.926. The number of aryl methyl sites for hydroxylation is 1. The summed E-state index contributed by atoms with van der Waals surface area (Å²) in [7, 11) is 0. The summed E-state index contributed by atoms with van der Waals surface area (Å²) in [6.07, 6.45) is 1.15. The third kappa shape index (κ3) is 2.60. The number of amides is 1. The summed E-state index contributed by atoms with van der Waals surface area (Å²) in [5, 5.41) is 9.43. The van der Waals surface area contributed by atoms with Gasteiger partial charge in [-0.25, -0.2) is 4.79 Å². The number of nitrogens with zero attached hydrogens (tertiary/aromatic N) is 1. The molecule has 1 N–H and O–H groups in total. The minimum absolute atomic E-state index is 0.322. The molecule has 5 nitrogen and oxygen atoms in total. The number of ether oxygens (including phenoxy) is 1. The van der Waals surface area contributed by atoms with Gasteiger partial charge >= 0.3 is 5.97 Å². The summed E-state index contributed by atoms with van der Waals surface area (Å²) < 4.78 is 5.75. The second-order valence-electron chi connectivity index (χ2n) is 5.71. The highest BCUT2D eigenvalue weighted by Gasteiger charge is 2.45. The van der Waals surface area contributed by atoms with Gasteiger partial charge in [-0.3, -0.25) is 9.69 Å². The van der Waals surface area contributed by atoms with Crippen molar-refractivity contribution in [3.05, 3.63) is 23.8 Å². The maximum absolute atomic E-state index is 12.7. The minimum Gasteiger partial charge on any atom is -0.480 e. The molecule has 0 aliphatic carbocycles. The number of rotatable bonds is 4. The Morgan fingerprint density at radius 2 is 2.05 bits per heavy atom. The largest absolute Gasteiger partial charge is 0.480 e. The Balaban J connectivity index is 2.61. The summed E-state index contributed by atoms with van der Waals surface area (Å²) in [6, 6.07) is 4.70. The van der Waals surface area contributed by atoms with Gasteiger partial charge in [0.05, 0.1) is 5.69 Å². The van der Waals surface area contributed by atoms with Crippen molar-refractivity contribution in [2.45, 2.75) is 52.2 Å². The van der Waals surface area contributed by atoms with Crippen molar-refractivity contribution in [1.82, 2.24) is 0 Å². The first-order chi connectivity index (χ1) is 9.81. The van der Waals surface area contributed by atoms with Gasteiger partial charge in [0.1, 0.15) is 11.8 Å². The number of carboxylic acid groups (broad SMARTS) is 1. The normalized spacial score (nSPS) is 17.9. The molecule has 0 aromatic heterocycles. The van der Waals surface area contributed by atoms with Gasteiger partial charge in [0.15, 0.2) is 5.60 Å². The number of anilines is 1. The van der Waals surface area contributed by atoms with E-state index in [0.29, 0.717) is 17.9 Å². The fourth-order valence-electron chi connectivity index (χ4n) is 2.55. The molecule has 114 valence electrons. The van der Waals surface area contributed by atoms with Gasteiger partial charge in [0.2, 0.25) is 0 Å². The fourth-order valence-corrected chi connectivity index (χ4v) is 2.55. The molecule has 1 amide bonds. The highest BCUT2D eigenvalue weighted by Crippen LogP contribution is 2.40. The number of fused-ring (bicyclic) bond motifs is 1. The van der Waals surface area contributed by atoms with E-state index in [-0.39, 0.29) is 5.91 Å². The van der Waals surface area contributed by atoms with E-state index in [2.05, 4.69) is 0 Å². The molecule has 0 radical (unpaired) electrons. The fraction of sp³-hybridized carbons (Fsp3) is 0.500. The first-order valence-corrected chi connectivity index (χ1v) is 7.20. The molecule has 0 spiro atoms. The Kier molecular flexibility index (Phi) is 3.94. The average Bonchev–Trinajstić information content (AvgIpc) is 2.42. The third-order valence-corrected chi connectivity index (χ3v) is 3.77. The molecule has 1 atom stereocenters. The molecular weight excluding hydrogens is 270 g/mol. The number of benzene rings is 1. The first kappa shape index (κ1) is 15.4. The van der Waals surface area contributed by atoms with Gasteiger partial charge in [-0.2, -0.15) is 0 Å². The molecular formula is C16H21NO4. The van der Waals surface area contributed by atoms with Gasteiger partial charge in [0, 0.05) is 0 Å². The second-order valence-corrected chi connectivity index (χ2v) is 5.71. The zero-order valence-electron chi connectivity index (χ0n) is 12.8. The van der Waals surface area contributed by atoms with Crippen molar-refractivity contribution in [1.29, 1.82) is 0 Å². The van der Waals surface area contributed by atoms with Crippen LogP contribution in [-0.4, -0.2) is 28.6 Å². The lowest BCUT2D eigenvalue weighted by molar-refractivity contribution is -0.143. The van der Waals surface area contributed by atoms with Gasteiger partial charge in [-0.15, -0.1) is 0 Å². The molecule has 0 saturated carbocycles. The number of carbonyl (C=O) groups excluding carboxylic acids is 1. The second kappa shape index (κ2) is 5.39. The van der Waals surface area contributed by atoms with E-state index in [1.54, 1.807) is 20.8 Å². The minimum atomic E-state index is -1.07. The third-order valence-electron chi connectivity index (χ3n) is 3.77. The van der Waals surface area contributed by atoms with Gasteiger partial charge in [-0.1, -0.05) is 19.9 Å². The molecule has 5 heteroatoms. The monoisotopic (exact) mass is 291 g/mol. The van der Waals surface area contributed by atoms with E-state index in [0.717, 1.165) is 12.0 Å². The molecule has 1 aromatic carbocycles. The molecule has 1 unspecified atom stereocenters. The van der Waals surface area contributed by atoms with Crippen LogP contribution in [0.15, 0.2) is 18.2 Å². The molecule has 2 rings (SSSR count). The Labute approximate surface area is 124 Å². The van der Waals surface area contributed by atoms with Gasteiger partial charge in [0.25, 0.3) is 5.91 Å². The standard InChI is InChI=1S/C16H21NO4/c1-5-10-7-8-13-12(9-10)17(11(6-2)14(18)19)15(20)16(3,4)21-13/h7-9,11H,5-6H2,1-4H3,(H,18,19). The summed E-state index contributed by atoms with van der Waals surface area (Å²) in [6.45, 7) is 7.09. The molecule has 1 aliphatic rings. The van der Waals surface area contributed by atoms with Crippen LogP contribution in [0.25, 0.3) is 0 Å². The van der Waals surface area contributed by atoms with E-state index < -0.39 is 17.6 Å². The molecule has 1 heterocycles. The van der Waals surface area contributed by atoms with Crippen LogP contribution in [0.5, 0.6) is 5.75 Å². The number of hydrogen-bond donors (Lipinski definition) is 1. The van der Waals surface area contributed by atoms with Crippen LogP contribution in [0, 0.1) is 0 Å². The molecule has 0 bridgehead atoms. The predicted octanol–water partition coefficient (Wildman–Crippen LogP) is 2.62. The SMILES string of the molecule is CCc1ccc2c(c1)N(C(CC)C(=O)O)C(=O)C(C)(C)O2. The molecule has 1 aliphatic heterocycles. The topological polar surface area (TPSA) is 66.8 Å². The van der Waals surface area contributed by atoms with Crippen LogP contribution in [0.2, 0.25) is 0 Å². The number of carboxylic acids is 1. The van der Waals surface area contributed by atoms with Crippen LogP contribution in [0.3, 0.4) is 0 Å². The highest BCUT2D eigenvalue weighted by molar-refractivity contribution is 6.06. The van der Waals surface area contributed by atoms with Crippen LogP contribution in [-0.2, 0) is 16.0 Å². The maximum Gasteiger partial charge on any atom is 0.326 e. The molecule has 0 fully saturated rings. The Morgan fingerprint density at radius 3 is 2.57 bits per heavy atom. The lowest BCUT2D eigenvalue weighted by Crippen LogP contribution is -2.57. The van der Waals surface area contributed by atoms with Crippen LogP contribution in [0.1, 0.15) is 39.7 Å². The van der Waals surface area contributed by atoms with Crippen molar-refractivity contribution in [3.63, 3.8) is 0 Å². The van der Waals surface area contributed by atoms with Crippen molar-refractivity contribution in [2.24, 2.45) is 0 Å². The van der Waals surface area contributed by atoms with Crippen molar-refractivity contribution in [3.8, 4) is 5.75 Å². The Morgan fingerprint density at radius 1 is 1.38 bits per heavy atom. The van der Waals surface area contributed by atoms with E-state index in [1.807, 2.05) is 25.1 Å². The lowest BCUT2D eigenvalue weighted by Gasteiger charge is -2.41. The summed E-state index contributed by atoms with van der Waals surface area (Å²) in [5.74, 6) is -0.773. The summed E-state index contributed by atoms with van der Waals surface area (Å²) in [5.41, 5.74) is 0.520. The smallest absolute Gasteiger partial charge is 0.326 e. The predicted molar refractivity (Wildman–Crippen MR) is 79.7 cm³/mol. The zero-order chi connectivity index (χ0) is 15.8. The van der Waals surface area contributed by atoms with Crippen LogP contribution >= 0.6 is 0 Å². The molecule has 0 saturated heterocycles. The molecule has 21 heavy (non-hydrogen) atoms. The van der Waals surface area contributed by atoms with E-state index in [1.165, 1.54) is 4.90 Å². The van der Waals surface area contributed by atoms with Crippen LogP contribution < -0.4 is 9.64 Å². The summed E-state index contributed by atoms with van der Waals surface area (Å²) in [4.78, 5) is 25.5. The Hall–Kier alpha value is -2.04. The van der Waals surface area contributed by atoms with Gasteiger partial charge in [-0.05, 0) is 44.4 Å². The number of carbonyl (C=O) groups is 2. The summed E-state index contributed by atoms with van der Waals surface area (Å²) >= 11 is 0. The van der Waals surface area contributed by atoms with E-state index in [9.17, 15) is 14.7 Å². The van der Waals surface area contributed by atoms with Crippen molar-refractivity contribution in [2.75, 3.05) is 4.90 Å². The van der Waals surface area contributed by atoms with E-state index in [4.69, 9.17) is 4.74 Å². The Bertz CT molecular complexity index is 580. The van der Waals surface area contributed by atoms with E-state index >= 15 is 0 Å². The van der Waals surface area contributed by atoms with Crippen LogP contribution in [0.4, 0.5) is 5.69 Å². The lowest BCUT2D eigenvalue weighted by atomic mass is 9.99. The highest BCUT2D eigenvalue weighted by atomic mass is 16.5. The first-order valence-electron chi connectivity index (χ1n) is 7.20. The van der Waals surface area contributed by atoms with Gasteiger partial charge < -0.3 is 9.84 Å². The number of aliphatic carboxylic acids is 1. The molecule has 1 aromatic rings. The van der Waals surface area contributed by atoms with Crippen molar-refractivity contribution < 1.29 is 19.4 Å². The number of hydrogen-bond acceptors (Lipinski definition) is 3. The zero-order valence-corrected chi connectivity index (χ0v) is 12.8. The van der Waals surface area contributed by atoms with Crippen molar-refractivity contribution >= 4 is 17.6 Å². The average molecular weight is 291 g/mol. The maximum atomic E-state index is 12.7.